The largest absolute Gasteiger partial charge is 0.351 e. The van der Waals surface area contributed by atoms with Crippen LogP contribution in [0.2, 0.25) is 0 Å². The highest BCUT2D eigenvalue weighted by molar-refractivity contribution is 5.89. The van der Waals surface area contributed by atoms with Gasteiger partial charge in [0.1, 0.15) is 0 Å². The lowest BCUT2D eigenvalue weighted by Crippen LogP contribution is -2.52. The minimum atomic E-state index is -0.341. The molecule has 2 aliphatic carbocycles. The van der Waals surface area contributed by atoms with E-state index in [2.05, 4.69) is 36.5 Å². The lowest BCUT2D eigenvalue weighted by molar-refractivity contribution is -0.129. The third kappa shape index (κ3) is 2.91. The van der Waals surface area contributed by atoms with E-state index < -0.39 is 0 Å². The maximum Gasteiger partial charge on any atom is 0.230 e. The molecule has 3 rings (SSSR count). The first-order chi connectivity index (χ1) is 10.7. The molecule has 120 valence electrons. The van der Waals surface area contributed by atoms with Crippen LogP contribution in [-0.4, -0.2) is 18.5 Å². The van der Waals surface area contributed by atoms with Crippen LogP contribution in [0.5, 0.6) is 0 Å². The minimum Gasteiger partial charge on any atom is -0.351 e. The molecule has 1 aromatic carbocycles. The van der Waals surface area contributed by atoms with Crippen molar-refractivity contribution in [3.8, 4) is 0 Å². The van der Waals surface area contributed by atoms with Gasteiger partial charge >= 0.3 is 0 Å². The quantitative estimate of drug-likeness (QED) is 0.878. The molecule has 0 aliphatic heterocycles. The highest BCUT2D eigenvalue weighted by Gasteiger charge is 2.43. The number of rotatable bonds is 5. The van der Waals surface area contributed by atoms with Gasteiger partial charge in [-0.3, -0.25) is 4.79 Å². The summed E-state index contributed by atoms with van der Waals surface area (Å²) in [6.45, 7) is 2.68. The fourth-order valence-corrected chi connectivity index (χ4v) is 4.06. The third-order valence-electron chi connectivity index (χ3n) is 5.56. The van der Waals surface area contributed by atoms with Crippen LogP contribution < -0.4 is 11.1 Å². The van der Waals surface area contributed by atoms with Crippen LogP contribution in [0.25, 0.3) is 0 Å². The molecule has 3 heteroatoms. The Balaban J connectivity index is 1.88. The summed E-state index contributed by atoms with van der Waals surface area (Å²) >= 11 is 0. The number of hydrogen-bond acceptors (Lipinski definition) is 2. The molecule has 1 atom stereocenters. The predicted molar refractivity (Wildman–Crippen MR) is 89.7 cm³/mol. The zero-order valence-corrected chi connectivity index (χ0v) is 13.6. The Morgan fingerprint density at radius 2 is 1.95 bits per heavy atom. The first kappa shape index (κ1) is 15.5. The Hall–Kier alpha value is -1.35. The molecule has 1 unspecified atom stereocenters. The van der Waals surface area contributed by atoms with E-state index >= 15 is 0 Å². The normalized spacial score (nSPS) is 22.1. The van der Waals surface area contributed by atoms with Crippen LogP contribution in [0.3, 0.4) is 0 Å². The molecule has 1 amide bonds. The Kier molecular flexibility index (Phi) is 4.53. The van der Waals surface area contributed by atoms with Crippen LogP contribution in [0.4, 0.5) is 0 Å². The maximum absolute atomic E-state index is 13.2. The average Bonchev–Trinajstić information content (AvgIpc) is 3.38. The molecule has 0 aromatic heterocycles. The summed E-state index contributed by atoms with van der Waals surface area (Å²) in [4.78, 5) is 13.2. The molecule has 1 aromatic rings. The van der Waals surface area contributed by atoms with Gasteiger partial charge < -0.3 is 11.1 Å². The van der Waals surface area contributed by atoms with Crippen molar-refractivity contribution in [3.05, 3.63) is 35.4 Å². The third-order valence-corrected chi connectivity index (χ3v) is 5.56. The number of carbonyl (C=O) groups is 1. The molecule has 0 spiro atoms. The molecule has 0 saturated heterocycles. The predicted octanol–water partition coefficient (Wildman–Crippen LogP) is 3.05. The van der Waals surface area contributed by atoms with E-state index in [-0.39, 0.29) is 17.4 Å². The van der Waals surface area contributed by atoms with Crippen molar-refractivity contribution in [1.29, 1.82) is 0 Å². The molecule has 3 nitrogen and oxygen atoms in total. The van der Waals surface area contributed by atoms with Gasteiger partial charge in [0.15, 0.2) is 0 Å². The summed E-state index contributed by atoms with van der Waals surface area (Å²) in [6.07, 6.45) is 7.86. The summed E-state index contributed by atoms with van der Waals surface area (Å²) in [5, 5.41) is 3.30. The van der Waals surface area contributed by atoms with Crippen molar-refractivity contribution >= 4 is 5.91 Å². The Labute approximate surface area is 133 Å². The summed E-state index contributed by atoms with van der Waals surface area (Å²) in [7, 11) is 0. The Morgan fingerprint density at radius 1 is 1.27 bits per heavy atom. The lowest BCUT2D eigenvalue weighted by Gasteiger charge is -2.38. The number of nitrogens with two attached hydrogens (primary N) is 1. The van der Waals surface area contributed by atoms with Crippen molar-refractivity contribution in [2.24, 2.45) is 11.7 Å². The molecular formula is C19H28N2O. The smallest absolute Gasteiger partial charge is 0.230 e. The van der Waals surface area contributed by atoms with E-state index in [0.717, 1.165) is 25.7 Å². The fraction of sp³-hybridized carbons (Fsp3) is 0.632. The Bertz CT molecular complexity index is 530. The van der Waals surface area contributed by atoms with E-state index in [1.807, 2.05) is 0 Å². The van der Waals surface area contributed by atoms with Crippen LogP contribution in [-0.2, 0) is 10.2 Å². The van der Waals surface area contributed by atoms with Gasteiger partial charge in [-0.05, 0) is 49.7 Å². The van der Waals surface area contributed by atoms with E-state index in [1.54, 1.807) is 0 Å². The first-order valence-corrected chi connectivity index (χ1v) is 8.74. The van der Waals surface area contributed by atoms with Gasteiger partial charge in [0, 0.05) is 12.6 Å². The summed E-state index contributed by atoms with van der Waals surface area (Å²) in [5.74, 6) is 0.815. The number of carbonyl (C=O) groups excluding carboxylic acids is 1. The molecular weight excluding hydrogens is 272 g/mol. The zero-order chi connectivity index (χ0) is 15.6. The van der Waals surface area contributed by atoms with Crippen molar-refractivity contribution in [3.63, 3.8) is 0 Å². The first-order valence-electron chi connectivity index (χ1n) is 8.74. The molecule has 2 fully saturated rings. The highest BCUT2D eigenvalue weighted by atomic mass is 16.2. The summed E-state index contributed by atoms with van der Waals surface area (Å²) in [6, 6.07) is 8.55. The SMILES string of the molecule is Cc1ccccc1C1(C(=O)NC(CN)C2CC2)CCCCC1. The number of aryl methyl sites for hydroxylation is 1. The average molecular weight is 300 g/mol. The number of hydrogen-bond donors (Lipinski definition) is 2. The summed E-state index contributed by atoms with van der Waals surface area (Å²) in [5.41, 5.74) is 8.00. The Morgan fingerprint density at radius 3 is 2.55 bits per heavy atom. The van der Waals surface area contributed by atoms with Gasteiger partial charge in [-0.15, -0.1) is 0 Å². The monoisotopic (exact) mass is 300 g/mol. The second-order valence-corrected chi connectivity index (χ2v) is 7.11. The van der Waals surface area contributed by atoms with Crippen molar-refractivity contribution in [2.45, 2.75) is 63.3 Å². The molecule has 0 heterocycles. The van der Waals surface area contributed by atoms with Crippen molar-refractivity contribution < 1.29 is 4.79 Å². The fourth-order valence-electron chi connectivity index (χ4n) is 4.06. The van der Waals surface area contributed by atoms with Crippen molar-refractivity contribution in [2.75, 3.05) is 6.54 Å². The number of benzene rings is 1. The van der Waals surface area contributed by atoms with E-state index in [1.165, 1.54) is 30.4 Å². The van der Waals surface area contributed by atoms with Crippen LogP contribution in [0.15, 0.2) is 24.3 Å². The zero-order valence-electron chi connectivity index (χ0n) is 13.6. The van der Waals surface area contributed by atoms with Gasteiger partial charge in [-0.1, -0.05) is 43.5 Å². The highest BCUT2D eigenvalue weighted by Crippen LogP contribution is 2.42. The molecule has 0 radical (unpaired) electrons. The van der Waals surface area contributed by atoms with E-state index in [0.29, 0.717) is 12.5 Å². The van der Waals surface area contributed by atoms with Gasteiger partial charge in [0.25, 0.3) is 0 Å². The van der Waals surface area contributed by atoms with E-state index in [4.69, 9.17) is 5.73 Å². The summed E-state index contributed by atoms with van der Waals surface area (Å²) < 4.78 is 0. The molecule has 0 bridgehead atoms. The number of nitrogens with one attached hydrogen (secondary N) is 1. The second-order valence-electron chi connectivity index (χ2n) is 7.11. The minimum absolute atomic E-state index is 0.162. The molecule has 2 saturated carbocycles. The standard InChI is InChI=1S/C19H28N2O/c1-14-7-3-4-8-16(14)19(11-5-2-6-12-19)18(22)21-17(13-20)15-9-10-15/h3-4,7-8,15,17H,2,5-6,9-13,20H2,1H3,(H,21,22). The maximum atomic E-state index is 13.2. The molecule has 22 heavy (non-hydrogen) atoms. The number of amides is 1. The molecule has 2 aliphatic rings. The van der Waals surface area contributed by atoms with Gasteiger partial charge in [0.05, 0.1) is 5.41 Å². The van der Waals surface area contributed by atoms with Crippen LogP contribution >= 0.6 is 0 Å². The second kappa shape index (κ2) is 6.41. The van der Waals surface area contributed by atoms with Gasteiger partial charge in [0.2, 0.25) is 5.91 Å². The van der Waals surface area contributed by atoms with Gasteiger partial charge in [-0.2, -0.15) is 0 Å². The topological polar surface area (TPSA) is 55.1 Å². The van der Waals surface area contributed by atoms with Gasteiger partial charge in [-0.25, -0.2) is 0 Å². The lowest BCUT2D eigenvalue weighted by atomic mass is 9.67. The van der Waals surface area contributed by atoms with E-state index in [9.17, 15) is 4.79 Å². The molecule has 3 N–H and O–H groups in total. The van der Waals surface area contributed by atoms with Crippen LogP contribution in [0, 0.1) is 12.8 Å². The van der Waals surface area contributed by atoms with Crippen molar-refractivity contribution in [1.82, 2.24) is 5.32 Å². The van der Waals surface area contributed by atoms with Crippen LogP contribution in [0.1, 0.15) is 56.1 Å².